The molecular formula is C3H3FO. The van der Waals surface area contributed by atoms with Gasteiger partial charge in [-0.1, -0.05) is 5.73 Å². The van der Waals surface area contributed by atoms with Crippen LogP contribution in [0.25, 0.3) is 0 Å². The van der Waals surface area contributed by atoms with Gasteiger partial charge in [0.25, 0.3) is 0 Å². The van der Waals surface area contributed by atoms with Crippen LogP contribution in [0.2, 0.25) is 0 Å². The zero-order valence-electron chi connectivity index (χ0n) is 2.48. The Labute approximate surface area is 29.0 Å². The molecule has 0 amide bonds. The molecule has 0 aliphatic rings. The molecule has 0 fully saturated rings. The summed E-state index contributed by atoms with van der Waals surface area (Å²) >= 11 is 0. The first kappa shape index (κ1) is 4.25. The van der Waals surface area contributed by atoms with E-state index in [1.165, 1.54) is 0 Å². The molecular weight excluding hydrogens is 71.0 g/mol. The van der Waals surface area contributed by atoms with E-state index in [-0.39, 0.29) is 6.33 Å². The van der Waals surface area contributed by atoms with E-state index in [1.54, 1.807) is 5.73 Å². The van der Waals surface area contributed by atoms with Gasteiger partial charge in [-0.05, 0) is 0 Å². The van der Waals surface area contributed by atoms with Gasteiger partial charge in [0.1, 0.15) is 12.6 Å². The Morgan fingerprint density at radius 3 is 2.40 bits per heavy atom. The van der Waals surface area contributed by atoms with Crippen molar-refractivity contribution in [2.24, 2.45) is 0 Å². The molecule has 0 aliphatic heterocycles. The summed E-state index contributed by atoms with van der Waals surface area (Å²) in [4.78, 5) is 0. The fourth-order valence-corrected chi connectivity index (χ4v) is 0.0282. The summed E-state index contributed by atoms with van der Waals surface area (Å²) in [5.74, 6) is 0. The zero-order chi connectivity index (χ0) is 4.12. The van der Waals surface area contributed by atoms with E-state index in [0.717, 1.165) is 0 Å². The molecule has 0 aliphatic carbocycles. The van der Waals surface area contributed by atoms with Crippen molar-refractivity contribution in [1.82, 2.24) is 0 Å². The van der Waals surface area contributed by atoms with Crippen LogP contribution in [0.5, 0.6) is 0 Å². The van der Waals surface area contributed by atoms with E-state index >= 15 is 0 Å². The number of hydrogen-bond acceptors (Lipinski definition) is 1. The van der Waals surface area contributed by atoms with Crippen LogP contribution in [0.1, 0.15) is 0 Å². The van der Waals surface area contributed by atoms with Crippen molar-refractivity contribution in [2.75, 3.05) is 0 Å². The molecule has 0 radical (unpaired) electrons. The number of hydrogen-bond donors (Lipinski definition) is 1. The fourth-order valence-electron chi connectivity index (χ4n) is 0.0282. The quantitative estimate of drug-likeness (QED) is 0.337. The van der Waals surface area contributed by atoms with Crippen molar-refractivity contribution in [3.05, 3.63) is 18.3 Å². The van der Waals surface area contributed by atoms with Gasteiger partial charge in [0, 0.05) is 0 Å². The van der Waals surface area contributed by atoms with Crippen LogP contribution >= 0.6 is 0 Å². The standard InChI is InChI=1S/C3H3FO/c4-2-1-3-5/h2-3,5H. The second-order valence-corrected chi connectivity index (χ2v) is 0.405. The minimum Gasteiger partial charge on any atom is -0.507 e. The van der Waals surface area contributed by atoms with Gasteiger partial charge >= 0.3 is 0 Å². The maximum absolute atomic E-state index is 10.6. The Kier molecular flexibility index (Phi) is 2.76. The first-order valence-corrected chi connectivity index (χ1v) is 1.05. The van der Waals surface area contributed by atoms with Gasteiger partial charge in [-0.3, -0.25) is 0 Å². The molecule has 5 heavy (non-hydrogen) atoms. The van der Waals surface area contributed by atoms with E-state index in [4.69, 9.17) is 5.11 Å². The highest BCUT2D eigenvalue weighted by Gasteiger charge is 1.40. The Bertz CT molecular complexity index is 55.3. The molecule has 0 heterocycles. The predicted molar refractivity (Wildman–Crippen MR) is 16.4 cm³/mol. The molecule has 1 nitrogen and oxygen atoms in total. The topological polar surface area (TPSA) is 20.2 Å². The van der Waals surface area contributed by atoms with Gasteiger partial charge in [0.05, 0.1) is 0 Å². The molecule has 0 aromatic carbocycles. The van der Waals surface area contributed by atoms with E-state index in [9.17, 15) is 4.39 Å². The molecule has 0 spiro atoms. The monoisotopic (exact) mass is 74.0 g/mol. The van der Waals surface area contributed by atoms with E-state index in [1.807, 2.05) is 0 Å². The van der Waals surface area contributed by atoms with Crippen molar-refractivity contribution < 1.29 is 9.50 Å². The molecule has 0 saturated carbocycles. The minimum absolute atomic E-state index is 0.125. The largest absolute Gasteiger partial charge is 0.507 e. The number of halogens is 1. The third-order valence-corrected chi connectivity index (χ3v) is 0.138. The molecule has 0 aromatic rings. The summed E-state index contributed by atoms with van der Waals surface area (Å²) in [5, 5.41) is 7.56. The smallest absolute Gasteiger partial charge is 0.132 e. The molecule has 0 rings (SSSR count). The first-order chi connectivity index (χ1) is 2.41. The third-order valence-electron chi connectivity index (χ3n) is 0.138. The lowest BCUT2D eigenvalue weighted by Crippen LogP contribution is -1.33. The molecule has 0 aromatic heterocycles. The lowest BCUT2D eigenvalue weighted by atomic mass is 10.9. The molecule has 0 bridgehead atoms. The maximum atomic E-state index is 10.6. The summed E-state index contributed by atoms with van der Waals surface area (Å²) in [6, 6.07) is 0. The van der Waals surface area contributed by atoms with E-state index < -0.39 is 0 Å². The highest BCUT2D eigenvalue weighted by molar-refractivity contribution is 4.66. The molecule has 1 N–H and O–H groups in total. The number of aliphatic hydroxyl groups is 1. The Hall–Kier alpha value is -0.750. The molecule has 0 atom stereocenters. The number of rotatable bonds is 0. The SMILES string of the molecule is OC=C=CF. The highest BCUT2D eigenvalue weighted by Crippen LogP contribution is 1.59. The van der Waals surface area contributed by atoms with Crippen LogP contribution < -0.4 is 0 Å². The molecule has 0 unspecified atom stereocenters. The fraction of sp³-hybridized carbons (Fsp3) is 0. The first-order valence-electron chi connectivity index (χ1n) is 1.05. The second-order valence-electron chi connectivity index (χ2n) is 0.405. The van der Waals surface area contributed by atoms with Gasteiger partial charge in [-0.2, -0.15) is 0 Å². The summed E-state index contributed by atoms with van der Waals surface area (Å²) < 4.78 is 10.6. The van der Waals surface area contributed by atoms with Gasteiger partial charge in [-0.25, -0.2) is 4.39 Å². The van der Waals surface area contributed by atoms with Crippen molar-refractivity contribution in [1.29, 1.82) is 0 Å². The predicted octanol–water partition coefficient (Wildman–Crippen LogP) is 1.14. The molecule has 2 heteroatoms. The van der Waals surface area contributed by atoms with Crippen LogP contribution in [0.4, 0.5) is 4.39 Å². The van der Waals surface area contributed by atoms with Crippen LogP contribution in [0.15, 0.2) is 18.3 Å². The summed E-state index contributed by atoms with van der Waals surface area (Å²) in [6.07, 6.45) is 0.625. The number of aliphatic hydroxyl groups excluding tert-OH is 1. The average molecular weight is 74.1 g/mol. The molecule has 0 saturated heterocycles. The summed E-state index contributed by atoms with van der Waals surface area (Å²) in [7, 11) is 0. The van der Waals surface area contributed by atoms with Gasteiger partial charge < -0.3 is 5.11 Å². The summed E-state index contributed by atoms with van der Waals surface area (Å²) in [5.41, 5.74) is 1.75. The van der Waals surface area contributed by atoms with E-state index in [2.05, 4.69) is 0 Å². The van der Waals surface area contributed by atoms with Crippen LogP contribution in [-0.4, -0.2) is 5.11 Å². The lowest BCUT2D eigenvalue weighted by Gasteiger charge is -1.49. The van der Waals surface area contributed by atoms with Crippen molar-refractivity contribution in [3.63, 3.8) is 0 Å². The van der Waals surface area contributed by atoms with Gasteiger partial charge in [0.2, 0.25) is 0 Å². The second kappa shape index (κ2) is 3.25. The normalized spacial score (nSPS) is 5.00. The Morgan fingerprint density at radius 2 is 2.40 bits per heavy atom. The summed E-state index contributed by atoms with van der Waals surface area (Å²) in [6.45, 7) is 0. The maximum Gasteiger partial charge on any atom is 0.132 e. The van der Waals surface area contributed by atoms with Crippen LogP contribution in [0, 0.1) is 0 Å². The van der Waals surface area contributed by atoms with Crippen molar-refractivity contribution in [2.45, 2.75) is 0 Å². The van der Waals surface area contributed by atoms with Crippen LogP contribution in [0.3, 0.4) is 0 Å². The average Bonchev–Trinajstić information content (AvgIpc) is 1.41. The lowest BCUT2D eigenvalue weighted by molar-refractivity contribution is 0.474. The minimum atomic E-state index is 0.125. The Balaban J connectivity index is 3.26. The zero-order valence-corrected chi connectivity index (χ0v) is 2.48. The van der Waals surface area contributed by atoms with Gasteiger partial charge in [-0.15, -0.1) is 0 Å². The Morgan fingerprint density at radius 1 is 1.80 bits per heavy atom. The van der Waals surface area contributed by atoms with Crippen molar-refractivity contribution in [3.8, 4) is 0 Å². The van der Waals surface area contributed by atoms with Gasteiger partial charge in [0.15, 0.2) is 0 Å². The highest BCUT2D eigenvalue weighted by atomic mass is 19.1. The van der Waals surface area contributed by atoms with E-state index in [0.29, 0.717) is 6.26 Å². The van der Waals surface area contributed by atoms with Crippen molar-refractivity contribution >= 4 is 0 Å². The molecule has 28 valence electrons. The van der Waals surface area contributed by atoms with Crippen LogP contribution in [-0.2, 0) is 0 Å². The third kappa shape index (κ3) is 3.25.